The van der Waals surface area contributed by atoms with E-state index in [1.807, 2.05) is 0 Å². The van der Waals surface area contributed by atoms with E-state index in [1.54, 1.807) is 0 Å². The van der Waals surface area contributed by atoms with Gasteiger partial charge in [0.1, 0.15) is 0 Å². The topological polar surface area (TPSA) is 25.8 Å². The highest BCUT2D eigenvalue weighted by atomic mass is 14.7. The van der Waals surface area contributed by atoms with Gasteiger partial charge in [-0.2, -0.15) is 0 Å². The van der Waals surface area contributed by atoms with Gasteiger partial charge in [0.25, 0.3) is 0 Å². The molecule has 0 aliphatic carbocycles. The molecule has 2 nitrogen and oxygen atoms in total. The standard InChI is InChI=1S/C15H20N2/c1-5-12-9-11-8-10(4)16-13(6-2)15(11)14(7-3)17-12/h8-9H,5-7H2,1-4H3. The smallest absolute Gasteiger partial charge is 0.0500 e. The highest BCUT2D eigenvalue weighted by molar-refractivity contribution is 5.87. The number of aryl methyl sites for hydroxylation is 4. The average molecular weight is 228 g/mol. The summed E-state index contributed by atoms with van der Waals surface area (Å²) in [7, 11) is 0. The summed E-state index contributed by atoms with van der Waals surface area (Å²) in [6.07, 6.45) is 2.94. The summed E-state index contributed by atoms with van der Waals surface area (Å²) in [5, 5.41) is 2.58. The van der Waals surface area contributed by atoms with Crippen LogP contribution in [-0.2, 0) is 19.3 Å². The molecule has 0 bridgehead atoms. The number of aromatic nitrogens is 2. The van der Waals surface area contributed by atoms with E-state index in [2.05, 4.69) is 44.8 Å². The Hall–Kier alpha value is -1.44. The first kappa shape index (κ1) is 12.0. The second-order valence-electron chi connectivity index (χ2n) is 4.43. The Kier molecular flexibility index (Phi) is 3.41. The largest absolute Gasteiger partial charge is 0.257 e. The number of nitrogens with zero attached hydrogens (tertiary/aromatic N) is 2. The Morgan fingerprint density at radius 3 is 2.12 bits per heavy atom. The second-order valence-corrected chi connectivity index (χ2v) is 4.43. The maximum atomic E-state index is 4.74. The predicted octanol–water partition coefficient (Wildman–Crippen LogP) is 3.63. The van der Waals surface area contributed by atoms with Crippen molar-refractivity contribution in [2.24, 2.45) is 0 Å². The van der Waals surface area contributed by atoms with E-state index in [-0.39, 0.29) is 0 Å². The lowest BCUT2D eigenvalue weighted by atomic mass is 10.0. The molecule has 2 aromatic rings. The molecular formula is C15H20N2. The Morgan fingerprint density at radius 2 is 1.53 bits per heavy atom. The minimum Gasteiger partial charge on any atom is -0.257 e. The van der Waals surface area contributed by atoms with Crippen LogP contribution in [0.1, 0.15) is 43.5 Å². The normalized spacial score (nSPS) is 11.1. The summed E-state index contributed by atoms with van der Waals surface area (Å²) in [6, 6.07) is 4.39. The molecule has 17 heavy (non-hydrogen) atoms. The molecule has 0 unspecified atom stereocenters. The van der Waals surface area contributed by atoms with E-state index in [0.717, 1.165) is 25.0 Å². The van der Waals surface area contributed by atoms with Crippen molar-refractivity contribution < 1.29 is 0 Å². The van der Waals surface area contributed by atoms with Crippen LogP contribution in [0.15, 0.2) is 12.1 Å². The molecule has 0 spiro atoms. The summed E-state index contributed by atoms with van der Waals surface area (Å²) in [6.45, 7) is 8.55. The lowest BCUT2D eigenvalue weighted by Gasteiger charge is -2.11. The molecule has 0 saturated heterocycles. The second kappa shape index (κ2) is 4.82. The predicted molar refractivity (Wildman–Crippen MR) is 72.4 cm³/mol. The third kappa shape index (κ3) is 2.17. The third-order valence-electron chi connectivity index (χ3n) is 3.17. The van der Waals surface area contributed by atoms with Crippen LogP contribution in [0.3, 0.4) is 0 Å². The van der Waals surface area contributed by atoms with Crippen LogP contribution in [0.5, 0.6) is 0 Å². The van der Waals surface area contributed by atoms with Gasteiger partial charge in [0, 0.05) is 16.8 Å². The summed E-state index contributed by atoms with van der Waals surface area (Å²) in [4.78, 5) is 9.38. The number of hydrogen-bond acceptors (Lipinski definition) is 2. The first-order valence-electron chi connectivity index (χ1n) is 6.48. The molecule has 2 rings (SSSR count). The van der Waals surface area contributed by atoms with Gasteiger partial charge >= 0.3 is 0 Å². The van der Waals surface area contributed by atoms with E-state index in [9.17, 15) is 0 Å². The first-order valence-corrected chi connectivity index (χ1v) is 6.48. The fourth-order valence-electron chi connectivity index (χ4n) is 2.35. The fourth-order valence-corrected chi connectivity index (χ4v) is 2.35. The maximum absolute atomic E-state index is 4.74. The fraction of sp³-hybridized carbons (Fsp3) is 0.467. The van der Waals surface area contributed by atoms with Crippen LogP contribution in [0.25, 0.3) is 10.8 Å². The van der Waals surface area contributed by atoms with Gasteiger partial charge in [-0.3, -0.25) is 9.97 Å². The van der Waals surface area contributed by atoms with Crippen LogP contribution < -0.4 is 0 Å². The summed E-state index contributed by atoms with van der Waals surface area (Å²) in [5.74, 6) is 0. The van der Waals surface area contributed by atoms with E-state index in [1.165, 1.54) is 27.9 Å². The lowest BCUT2D eigenvalue weighted by Crippen LogP contribution is -2.01. The van der Waals surface area contributed by atoms with Crippen molar-refractivity contribution in [2.75, 3.05) is 0 Å². The molecule has 0 amide bonds. The van der Waals surface area contributed by atoms with Gasteiger partial charge in [-0.25, -0.2) is 0 Å². The van der Waals surface area contributed by atoms with Crippen molar-refractivity contribution in [1.82, 2.24) is 9.97 Å². The number of fused-ring (bicyclic) bond motifs is 1. The van der Waals surface area contributed by atoms with E-state index >= 15 is 0 Å². The van der Waals surface area contributed by atoms with Crippen molar-refractivity contribution in [1.29, 1.82) is 0 Å². The SMILES string of the molecule is CCc1cc2cc(C)nc(CC)c2c(CC)n1. The molecule has 0 fully saturated rings. The third-order valence-corrected chi connectivity index (χ3v) is 3.17. The highest BCUT2D eigenvalue weighted by Crippen LogP contribution is 2.23. The monoisotopic (exact) mass is 228 g/mol. The lowest BCUT2D eigenvalue weighted by molar-refractivity contribution is 0.954. The zero-order valence-electron chi connectivity index (χ0n) is 11.2. The van der Waals surface area contributed by atoms with Crippen LogP contribution in [0.2, 0.25) is 0 Å². The molecule has 0 aliphatic heterocycles. The van der Waals surface area contributed by atoms with Crippen molar-refractivity contribution >= 4 is 10.8 Å². The van der Waals surface area contributed by atoms with Gasteiger partial charge in [0.15, 0.2) is 0 Å². The number of hydrogen-bond donors (Lipinski definition) is 0. The van der Waals surface area contributed by atoms with E-state index in [0.29, 0.717) is 0 Å². The van der Waals surface area contributed by atoms with Gasteiger partial charge in [-0.15, -0.1) is 0 Å². The summed E-state index contributed by atoms with van der Waals surface area (Å²) >= 11 is 0. The molecule has 0 aliphatic rings. The van der Waals surface area contributed by atoms with E-state index < -0.39 is 0 Å². The summed E-state index contributed by atoms with van der Waals surface area (Å²) < 4.78 is 0. The van der Waals surface area contributed by atoms with Crippen molar-refractivity contribution in [3.63, 3.8) is 0 Å². The minimum atomic E-state index is 0.971. The van der Waals surface area contributed by atoms with Crippen LogP contribution in [0, 0.1) is 6.92 Å². The Labute approximate surface area is 103 Å². The van der Waals surface area contributed by atoms with Crippen LogP contribution in [0.4, 0.5) is 0 Å². The van der Waals surface area contributed by atoms with Gasteiger partial charge in [-0.1, -0.05) is 20.8 Å². The van der Waals surface area contributed by atoms with Gasteiger partial charge in [0.05, 0.1) is 11.4 Å². The Morgan fingerprint density at radius 1 is 0.882 bits per heavy atom. The molecule has 0 saturated carbocycles. The molecule has 2 heteroatoms. The molecular weight excluding hydrogens is 208 g/mol. The molecule has 0 atom stereocenters. The molecule has 0 radical (unpaired) electrons. The summed E-state index contributed by atoms with van der Waals surface area (Å²) in [5.41, 5.74) is 4.67. The van der Waals surface area contributed by atoms with Crippen molar-refractivity contribution in [3.05, 3.63) is 34.9 Å². The maximum Gasteiger partial charge on any atom is 0.0500 e. The quantitative estimate of drug-likeness (QED) is 0.801. The zero-order chi connectivity index (χ0) is 12.4. The molecule has 2 aromatic heterocycles. The van der Waals surface area contributed by atoms with Gasteiger partial charge < -0.3 is 0 Å². The first-order chi connectivity index (χ1) is 8.19. The molecule has 90 valence electrons. The van der Waals surface area contributed by atoms with Gasteiger partial charge in [0.2, 0.25) is 0 Å². The minimum absolute atomic E-state index is 0.971. The number of rotatable bonds is 3. The van der Waals surface area contributed by atoms with Crippen LogP contribution in [-0.4, -0.2) is 9.97 Å². The molecule has 2 heterocycles. The molecule has 0 aromatic carbocycles. The zero-order valence-corrected chi connectivity index (χ0v) is 11.2. The number of pyridine rings is 2. The highest BCUT2D eigenvalue weighted by Gasteiger charge is 2.09. The Bertz CT molecular complexity index is 544. The average Bonchev–Trinajstić information content (AvgIpc) is 2.35. The van der Waals surface area contributed by atoms with Gasteiger partial charge in [-0.05, 0) is 43.7 Å². The van der Waals surface area contributed by atoms with Crippen molar-refractivity contribution in [2.45, 2.75) is 47.0 Å². The molecule has 0 N–H and O–H groups in total. The van der Waals surface area contributed by atoms with Crippen LogP contribution >= 0.6 is 0 Å². The van der Waals surface area contributed by atoms with E-state index in [4.69, 9.17) is 4.98 Å². The Balaban J connectivity index is 2.83. The van der Waals surface area contributed by atoms with Crippen molar-refractivity contribution in [3.8, 4) is 0 Å².